The van der Waals surface area contributed by atoms with Gasteiger partial charge in [0.2, 0.25) is 0 Å². The topological polar surface area (TPSA) is 39.9 Å². The lowest BCUT2D eigenvalue weighted by molar-refractivity contribution is -0.137. The number of rotatable bonds is 7. The quantitative estimate of drug-likeness (QED) is 0.383. The molecule has 30 heavy (non-hydrogen) atoms. The average molecular weight is 456 g/mol. The molecule has 0 radical (unpaired) electrons. The summed E-state index contributed by atoms with van der Waals surface area (Å²) in [5.41, 5.74) is 1.78. The summed E-state index contributed by atoms with van der Waals surface area (Å²) in [6, 6.07) is 9.05. The smallest absolute Gasteiger partial charge is 0.416 e. The van der Waals surface area contributed by atoms with E-state index in [1.807, 2.05) is 37.5 Å². The van der Waals surface area contributed by atoms with E-state index in [-0.39, 0.29) is 6.61 Å². The number of halogens is 4. The number of nitrogens with zero attached hydrogens (tertiary/aromatic N) is 3. The average Bonchev–Trinajstić information content (AvgIpc) is 3.10. The first-order valence-corrected chi connectivity index (χ1v) is 10.7. The molecule has 0 aliphatic carbocycles. The maximum atomic E-state index is 12.9. The molecular formula is C21H21ClF3N3OS. The van der Waals surface area contributed by atoms with Gasteiger partial charge in [-0.15, -0.1) is 10.2 Å². The van der Waals surface area contributed by atoms with Crippen LogP contribution in [0.25, 0.3) is 0 Å². The van der Waals surface area contributed by atoms with Crippen molar-refractivity contribution in [3.8, 4) is 5.75 Å². The van der Waals surface area contributed by atoms with E-state index in [1.165, 1.54) is 17.8 Å². The second-order valence-corrected chi connectivity index (χ2v) is 8.11. The lowest BCUT2D eigenvalue weighted by Gasteiger charge is -2.11. The number of hydrogen-bond acceptors (Lipinski definition) is 4. The number of aromatic nitrogens is 3. The molecule has 0 aliphatic heterocycles. The third kappa shape index (κ3) is 5.29. The molecule has 0 spiro atoms. The minimum atomic E-state index is -4.35. The monoisotopic (exact) mass is 455 g/mol. The van der Waals surface area contributed by atoms with Crippen LogP contribution < -0.4 is 4.74 Å². The Bertz CT molecular complexity index is 1010. The van der Waals surface area contributed by atoms with Gasteiger partial charge in [0.15, 0.2) is 11.0 Å². The second-order valence-electron chi connectivity index (χ2n) is 6.79. The zero-order valence-corrected chi connectivity index (χ0v) is 18.3. The third-order valence-electron chi connectivity index (χ3n) is 4.51. The number of alkyl halides is 3. The van der Waals surface area contributed by atoms with Crippen molar-refractivity contribution in [3.63, 3.8) is 0 Å². The van der Waals surface area contributed by atoms with E-state index in [2.05, 4.69) is 10.2 Å². The van der Waals surface area contributed by atoms with E-state index in [1.54, 1.807) is 6.07 Å². The second kappa shape index (κ2) is 9.31. The predicted molar refractivity (Wildman–Crippen MR) is 112 cm³/mol. The number of benzene rings is 2. The van der Waals surface area contributed by atoms with Gasteiger partial charge in [-0.3, -0.25) is 0 Å². The predicted octanol–water partition coefficient (Wildman–Crippen LogP) is 6.46. The van der Waals surface area contributed by atoms with Crippen LogP contribution in [0.3, 0.4) is 0 Å². The maximum absolute atomic E-state index is 12.9. The Balaban J connectivity index is 1.69. The van der Waals surface area contributed by atoms with Crippen LogP contribution in [0.1, 0.15) is 35.0 Å². The van der Waals surface area contributed by atoms with Crippen LogP contribution in [0, 0.1) is 13.8 Å². The van der Waals surface area contributed by atoms with E-state index < -0.39 is 11.7 Å². The van der Waals surface area contributed by atoms with Gasteiger partial charge in [-0.1, -0.05) is 41.6 Å². The summed E-state index contributed by atoms with van der Waals surface area (Å²) >= 11 is 7.53. The normalized spacial score (nSPS) is 11.7. The van der Waals surface area contributed by atoms with E-state index in [9.17, 15) is 13.2 Å². The minimum absolute atomic E-state index is 0.228. The van der Waals surface area contributed by atoms with Gasteiger partial charge in [-0.2, -0.15) is 13.2 Å². The fraction of sp³-hybridized carbons (Fsp3) is 0.333. The Kier molecular flexibility index (Phi) is 6.98. The van der Waals surface area contributed by atoms with Gasteiger partial charge in [0, 0.05) is 17.3 Å². The zero-order valence-electron chi connectivity index (χ0n) is 16.8. The molecule has 0 bridgehead atoms. The molecule has 0 unspecified atom stereocenters. The van der Waals surface area contributed by atoms with Gasteiger partial charge in [0.25, 0.3) is 0 Å². The van der Waals surface area contributed by atoms with E-state index in [0.717, 1.165) is 23.3 Å². The van der Waals surface area contributed by atoms with Crippen LogP contribution in [0.15, 0.2) is 41.6 Å². The molecule has 0 N–H and O–H groups in total. The molecule has 9 heteroatoms. The highest BCUT2D eigenvalue weighted by atomic mass is 35.5. The summed E-state index contributed by atoms with van der Waals surface area (Å²) in [5.74, 6) is 1.70. The summed E-state index contributed by atoms with van der Waals surface area (Å²) in [6.07, 6.45) is -4.35. The first-order chi connectivity index (χ1) is 14.2. The standard InChI is InChI=1S/C21H21ClF3N3OS/c1-4-28-18(11-29-17-8-13(2)19(22)14(3)9-17)26-27-20(28)30-12-15-6-5-7-16(10-15)21(23,24)25/h5-10H,4,11-12H2,1-3H3. The Labute approximate surface area is 182 Å². The van der Waals surface area contributed by atoms with Crippen LogP contribution in [0.5, 0.6) is 5.75 Å². The molecule has 0 atom stereocenters. The van der Waals surface area contributed by atoms with Crippen molar-refractivity contribution in [2.45, 2.75) is 51.0 Å². The highest BCUT2D eigenvalue weighted by Crippen LogP contribution is 2.31. The van der Waals surface area contributed by atoms with E-state index >= 15 is 0 Å². The highest BCUT2D eigenvalue weighted by molar-refractivity contribution is 7.98. The lowest BCUT2D eigenvalue weighted by Crippen LogP contribution is -2.07. The minimum Gasteiger partial charge on any atom is -0.486 e. The van der Waals surface area contributed by atoms with Crippen LogP contribution in [0.2, 0.25) is 5.02 Å². The Morgan fingerprint density at radius 1 is 1.10 bits per heavy atom. The molecule has 3 rings (SSSR count). The first kappa shape index (κ1) is 22.5. The molecule has 1 heterocycles. The molecule has 0 saturated heterocycles. The molecular weight excluding hydrogens is 435 g/mol. The fourth-order valence-corrected chi connectivity index (χ4v) is 4.05. The first-order valence-electron chi connectivity index (χ1n) is 9.29. The SMILES string of the molecule is CCn1c(COc2cc(C)c(Cl)c(C)c2)nnc1SCc1cccc(C(F)(F)F)c1. The maximum Gasteiger partial charge on any atom is 0.416 e. The van der Waals surface area contributed by atoms with E-state index in [0.29, 0.717) is 39.6 Å². The van der Waals surface area contributed by atoms with Crippen molar-refractivity contribution in [2.75, 3.05) is 0 Å². The van der Waals surface area contributed by atoms with Gasteiger partial charge in [-0.25, -0.2) is 0 Å². The number of hydrogen-bond donors (Lipinski definition) is 0. The lowest BCUT2D eigenvalue weighted by atomic mass is 10.1. The van der Waals surface area contributed by atoms with Crippen molar-refractivity contribution in [2.24, 2.45) is 0 Å². The Hall–Kier alpha value is -2.19. The molecule has 0 fully saturated rings. The van der Waals surface area contributed by atoms with Crippen molar-refractivity contribution >= 4 is 23.4 Å². The van der Waals surface area contributed by atoms with Crippen molar-refractivity contribution in [3.05, 3.63) is 69.5 Å². The van der Waals surface area contributed by atoms with Gasteiger partial charge < -0.3 is 9.30 Å². The van der Waals surface area contributed by atoms with Gasteiger partial charge in [0.1, 0.15) is 12.4 Å². The summed E-state index contributed by atoms with van der Waals surface area (Å²) in [5, 5.41) is 9.73. The van der Waals surface area contributed by atoms with Crippen LogP contribution in [-0.4, -0.2) is 14.8 Å². The fourth-order valence-electron chi connectivity index (χ4n) is 2.97. The number of ether oxygens (including phenoxy) is 1. The number of thioether (sulfide) groups is 1. The Morgan fingerprint density at radius 3 is 2.43 bits per heavy atom. The Morgan fingerprint density at radius 2 is 1.80 bits per heavy atom. The summed E-state index contributed by atoms with van der Waals surface area (Å²) < 4.78 is 46.4. The molecule has 1 aromatic heterocycles. The molecule has 0 saturated carbocycles. The van der Waals surface area contributed by atoms with Crippen LogP contribution >= 0.6 is 23.4 Å². The van der Waals surface area contributed by atoms with Crippen LogP contribution in [-0.2, 0) is 25.1 Å². The molecule has 4 nitrogen and oxygen atoms in total. The highest BCUT2D eigenvalue weighted by Gasteiger charge is 2.30. The molecule has 0 amide bonds. The van der Waals surface area contributed by atoms with Gasteiger partial charge in [-0.05, 0) is 55.7 Å². The van der Waals surface area contributed by atoms with Gasteiger partial charge in [0.05, 0.1) is 5.56 Å². The summed E-state index contributed by atoms with van der Waals surface area (Å²) in [4.78, 5) is 0. The molecule has 0 aliphatic rings. The largest absolute Gasteiger partial charge is 0.486 e. The molecule has 2 aromatic carbocycles. The number of aryl methyl sites for hydroxylation is 2. The van der Waals surface area contributed by atoms with Crippen molar-refractivity contribution < 1.29 is 17.9 Å². The molecule has 3 aromatic rings. The zero-order chi connectivity index (χ0) is 21.9. The third-order valence-corrected chi connectivity index (χ3v) is 6.14. The van der Waals surface area contributed by atoms with Crippen LogP contribution in [0.4, 0.5) is 13.2 Å². The summed E-state index contributed by atoms with van der Waals surface area (Å²) in [7, 11) is 0. The summed E-state index contributed by atoms with van der Waals surface area (Å²) in [6.45, 7) is 6.64. The van der Waals surface area contributed by atoms with Gasteiger partial charge >= 0.3 is 6.18 Å². The van der Waals surface area contributed by atoms with Crippen molar-refractivity contribution in [1.82, 2.24) is 14.8 Å². The van der Waals surface area contributed by atoms with Crippen molar-refractivity contribution in [1.29, 1.82) is 0 Å². The molecule has 160 valence electrons. The van der Waals surface area contributed by atoms with E-state index in [4.69, 9.17) is 16.3 Å².